The van der Waals surface area contributed by atoms with Gasteiger partial charge in [0, 0.05) is 43.5 Å². The number of carbonyl (C=O) groups is 1. The minimum atomic E-state index is -4.71. The predicted molar refractivity (Wildman–Crippen MR) is 139 cm³/mol. The fraction of sp³-hybridized carbons (Fsp3) is 0.286. The van der Waals surface area contributed by atoms with E-state index in [4.69, 9.17) is 4.74 Å². The van der Waals surface area contributed by atoms with Crippen LogP contribution in [0.5, 0.6) is 5.75 Å². The van der Waals surface area contributed by atoms with Gasteiger partial charge < -0.3 is 24.5 Å². The molecule has 1 fully saturated rings. The molecule has 3 aromatic carbocycles. The summed E-state index contributed by atoms with van der Waals surface area (Å²) in [4.78, 5) is 21.7. The first-order chi connectivity index (χ1) is 18.7. The summed E-state index contributed by atoms with van der Waals surface area (Å²) in [6.07, 6.45) is -5.26. The molecule has 7 nitrogen and oxygen atoms in total. The lowest BCUT2D eigenvalue weighted by Gasteiger charge is -2.45. The number of fused-ring (bicyclic) bond motifs is 1. The van der Waals surface area contributed by atoms with Gasteiger partial charge in [0.25, 0.3) is 0 Å². The van der Waals surface area contributed by atoms with Gasteiger partial charge in [-0.25, -0.2) is 9.38 Å². The fourth-order valence-corrected chi connectivity index (χ4v) is 5.11. The number of para-hydroxylation sites is 2. The van der Waals surface area contributed by atoms with Gasteiger partial charge in [0.05, 0.1) is 30.8 Å². The van der Waals surface area contributed by atoms with Crippen LogP contribution in [0.1, 0.15) is 23.6 Å². The van der Waals surface area contributed by atoms with Gasteiger partial charge in [-0.3, -0.25) is 4.79 Å². The molecule has 0 spiro atoms. The number of halogens is 4. The number of hydrogen-bond donors (Lipinski definition) is 1. The van der Waals surface area contributed by atoms with E-state index in [1.54, 1.807) is 12.0 Å². The van der Waals surface area contributed by atoms with Crippen LogP contribution in [0.25, 0.3) is 0 Å². The minimum Gasteiger partial charge on any atom is -0.497 e. The van der Waals surface area contributed by atoms with Crippen LogP contribution in [0.15, 0.2) is 71.7 Å². The molecule has 0 aliphatic carbocycles. The maximum Gasteiger partial charge on any atom is 0.418 e. The van der Waals surface area contributed by atoms with E-state index >= 15 is 0 Å². The van der Waals surface area contributed by atoms with Crippen LogP contribution >= 0.6 is 0 Å². The maximum atomic E-state index is 15.0. The molecule has 5 rings (SSSR count). The molecule has 39 heavy (non-hydrogen) atoms. The molecule has 2 aliphatic heterocycles. The van der Waals surface area contributed by atoms with Crippen molar-refractivity contribution in [2.45, 2.75) is 18.6 Å². The number of alkyl halides is 3. The number of anilines is 2. The van der Waals surface area contributed by atoms with Crippen LogP contribution in [0.2, 0.25) is 0 Å². The van der Waals surface area contributed by atoms with Crippen LogP contribution < -0.4 is 14.5 Å². The average molecular weight is 543 g/mol. The molecule has 204 valence electrons. The highest BCUT2D eigenvalue weighted by Gasteiger charge is 2.42. The van der Waals surface area contributed by atoms with E-state index < -0.39 is 36.0 Å². The molecule has 11 heteroatoms. The quantitative estimate of drug-likeness (QED) is 0.418. The van der Waals surface area contributed by atoms with E-state index in [1.165, 1.54) is 41.3 Å². The number of aliphatic imine (C=N–C) groups is 1. The van der Waals surface area contributed by atoms with Crippen molar-refractivity contribution < 1.29 is 32.2 Å². The molecule has 1 atom stereocenters. The monoisotopic (exact) mass is 542 g/mol. The van der Waals surface area contributed by atoms with Crippen LogP contribution in [-0.2, 0) is 11.0 Å². The Morgan fingerprint density at radius 1 is 1.00 bits per heavy atom. The zero-order valence-electron chi connectivity index (χ0n) is 21.0. The van der Waals surface area contributed by atoms with Gasteiger partial charge in [0.2, 0.25) is 5.96 Å². The lowest BCUT2D eigenvalue weighted by atomic mass is 9.96. The third kappa shape index (κ3) is 5.21. The number of rotatable bonds is 5. The van der Waals surface area contributed by atoms with Gasteiger partial charge >= 0.3 is 12.1 Å². The number of nitrogens with zero attached hydrogens (tertiary/aromatic N) is 4. The van der Waals surface area contributed by atoms with Crippen LogP contribution in [0.4, 0.5) is 34.6 Å². The first-order valence-electron chi connectivity index (χ1n) is 12.4. The summed E-state index contributed by atoms with van der Waals surface area (Å²) >= 11 is 0. The number of carboxylic acid groups (broad SMARTS) is 1. The molecule has 0 amide bonds. The molecule has 3 aromatic rings. The Kier molecular flexibility index (Phi) is 7.07. The molecule has 0 bridgehead atoms. The second-order valence-electron chi connectivity index (χ2n) is 9.26. The van der Waals surface area contributed by atoms with Crippen molar-refractivity contribution in [2.75, 3.05) is 43.1 Å². The van der Waals surface area contributed by atoms with E-state index in [9.17, 15) is 27.5 Å². The van der Waals surface area contributed by atoms with E-state index in [0.29, 0.717) is 31.9 Å². The normalized spacial score (nSPS) is 17.5. The largest absolute Gasteiger partial charge is 0.497 e. The molecule has 0 unspecified atom stereocenters. The Hall–Kier alpha value is -4.28. The topological polar surface area (TPSA) is 68.6 Å². The van der Waals surface area contributed by atoms with E-state index in [-0.39, 0.29) is 22.9 Å². The van der Waals surface area contributed by atoms with Crippen LogP contribution in [0.3, 0.4) is 0 Å². The van der Waals surface area contributed by atoms with Crippen molar-refractivity contribution in [2.24, 2.45) is 4.99 Å². The molecular formula is C28H26F4N4O3. The molecular weight excluding hydrogens is 516 g/mol. The second kappa shape index (κ2) is 10.5. The van der Waals surface area contributed by atoms with Crippen molar-refractivity contribution in [3.8, 4) is 5.75 Å². The number of hydrogen-bond acceptors (Lipinski definition) is 6. The molecule has 0 aromatic heterocycles. The number of guanidine groups is 1. The molecule has 2 aliphatic rings. The summed E-state index contributed by atoms with van der Waals surface area (Å²) in [6, 6.07) is 15.5. The van der Waals surface area contributed by atoms with E-state index in [0.717, 1.165) is 11.8 Å². The van der Waals surface area contributed by atoms with E-state index in [1.807, 2.05) is 24.3 Å². The Morgan fingerprint density at radius 2 is 1.69 bits per heavy atom. The summed E-state index contributed by atoms with van der Waals surface area (Å²) in [5.74, 6) is -1.11. The van der Waals surface area contributed by atoms with Gasteiger partial charge in [-0.1, -0.05) is 30.3 Å². The van der Waals surface area contributed by atoms with Crippen molar-refractivity contribution in [3.05, 3.63) is 83.7 Å². The van der Waals surface area contributed by atoms with Crippen LogP contribution in [-0.4, -0.2) is 55.2 Å². The van der Waals surface area contributed by atoms with Crippen molar-refractivity contribution >= 4 is 29.0 Å². The summed E-state index contributed by atoms with van der Waals surface area (Å²) in [5.41, 5.74) is -0.0787. The predicted octanol–water partition coefficient (Wildman–Crippen LogP) is 5.70. The number of piperazine rings is 1. The van der Waals surface area contributed by atoms with Gasteiger partial charge in [0.1, 0.15) is 17.3 Å². The highest BCUT2D eigenvalue weighted by Crippen LogP contribution is 2.45. The standard InChI is InChI=1S/C28H26F4N4O3/c1-39-19-7-4-6-18(16-19)34-12-14-35(15-13-34)27-33-26-20(8-5-10-22(26)29)24(17-25(37)38)36(27)23-11-3-2-9-21(23)28(30,31)32/h2-11,16,24H,12-15,17H2,1H3,(H,37,38)/t24-/m0/s1. The van der Waals surface area contributed by atoms with E-state index in [2.05, 4.69) is 9.89 Å². The van der Waals surface area contributed by atoms with Gasteiger partial charge in [0.15, 0.2) is 0 Å². The summed E-state index contributed by atoms with van der Waals surface area (Å²) in [5, 5.41) is 9.74. The van der Waals surface area contributed by atoms with Crippen molar-refractivity contribution in [1.29, 1.82) is 0 Å². The SMILES string of the molecule is COc1cccc(N2CCN(C3=Nc4c(F)cccc4[C@H](CC(=O)O)N3c3ccccc3C(F)(F)F)CC2)c1. The highest BCUT2D eigenvalue weighted by atomic mass is 19.4. The number of benzene rings is 3. The third-order valence-corrected chi connectivity index (χ3v) is 6.93. The summed E-state index contributed by atoms with van der Waals surface area (Å²) in [7, 11) is 1.58. The molecule has 1 N–H and O–H groups in total. The number of methoxy groups -OCH3 is 1. The average Bonchev–Trinajstić information content (AvgIpc) is 2.92. The molecule has 1 saturated heterocycles. The Labute approximate surface area is 222 Å². The lowest BCUT2D eigenvalue weighted by Crippen LogP contribution is -2.55. The van der Waals surface area contributed by atoms with Crippen LogP contribution in [0, 0.1) is 5.82 Å². The molecule has 0 radical (unpaired) electrons. The number of aliphatic carboxylic acids is 1. The Morgan fingerprint density at radius 3 is 2.38 bits per heavy atom. The Balaban J connectivity index is 1.58. The minimum absolute atomic E-state index is 0.0604. The fourth-order valence-electron chi connectivity index (χ4n) is 5.11. The van der Waals surface area contributed by atoms with Gasteiger partial charge in [-0.05, 0) is 30.3 Å². The summed E-state index contributed by atoms with van der Waals surface area (Å²) in [6.45, 7) is 1.75. The first kappa shape index (κ1) is 26.3. The zero-order valence-corrected chi connectivity index (χ0v) is 21.0. The lowest BCUT2D eigenvalue weighted by molar-refractivity contribution is -0.137. The molecule has 2 heterocycles. The second-order valence-corrected chi connectivity index (χ2v) is 9.26. The summed E-state index contributed by atoms with van der Waals surface area (Å²) < 4.78 is 62.7. The maximum absolute atomic E-state index is 15.0. The number of carboxylic acids is 1. The first-order valence-corrected chi connectivity index (χ1v) is 12.4. The van der Waals surface area contributed by atoms with Crippen molar-refractivity contribution in [1.82, 2.24) is 4.90 Å². The van der Waals surface area contributed by atoms with Gasteiger partial charge in [-0.15, -0.1) is 0 Å². The number of ether oxygens (including phenoxy) is 1. The smallest absolute Gasteiger partial charge is 0.418 e. The zero-order chi connectivity index (χ0) is 27.7. The molecule has 0 saturated carbocycles. The highest BCUT2D eigenvalue weighted by molar-refractivity contribution is 6.02. The Bertz CT molecular complexity index is 1400. The van der Waals surface area contributed by atoms with Gasteiger partial charge in [-0.2, -0.15) is 13.2 Å². The third-order valence-electron chi connectivity index (χ3n) is 6.93. The van der Waals surface area contributed by atoms with Crippen molar-refractivity contribution in [3.63, 3.8) is 0 Å².